The molecule has 4 N–H and O–H groups in total. The first kappa shape index (κ1) is 20.4. The summed E-state index contributed by atoms with van der Waals surface area (Å²) in [5.74, 6) is -1.81. The van der Waals surface area contributed by atoms with Gasteiger partial charge in [-0.2, -0.15) is 0 Å². The highest BCUT2D eigenvalue weighted by atomic mass is 35.5. The normalized spacial score (nSPS) is 16.9. The molecule has 1 fully saturated rings. The van der Waals surface area contributed by atoms with Gasteiger partial charge in [0.15, 0.2) is 5.82 Å². The molecular weight excluding hydrogens is 387 g/mol. The van der Waals surface area contributed by atoms with Crippen LogP contribution in [0.3, 0.4) is 0 Å². The van der Waals surface area contributed by atoms with Crippen LogP contribution in [0, 0.1) is 11.7 Å². The van der Waals surface area contributed by atoms with Crippen LogP contribution in [0.2, 0.25) is 5.02 Å². The number of aryl methyl sites for hydroxylation is 1. The summed E-state index contributed by atoms with van der Waals surface area (Å²) >= 11 is 6.58. The Balaban J connectivity index is 2.21. The maximum atomic E-state index is 15.2. The molecule has 0 aliphatic carbocycles. The van der Waals surface area contributed by atoms with Gasteiger partial charge in [0.05, 0.1) is 27.3 Å². The molecule has 152 valence electrons. The summed E-state index contributed by atoms with van der Waals surface area (Å²) in [7, 11) is 0. The molecule has 1 aliphatic heterocycles. The number of carboxylic acids is 1. The molecule has 2 aromatic rings. The Hall–Kier alpha value is -2.32. The number of nitrogens with one attached hydrogen (secondary N) is 1. The highest BCUT2D eigenvalue weighted by molar-refractivity contribution is 6.38. The van der Waals surface area contributed by atoms with Crippen molar-refractivity contribution in [3.05, 3.63) is 32.8 Å². The van der Waals surface area contributed by atoms with Crippen molar-refractivity contribution in [2.45, 2.75) is 26.8 Å². The number of fused-ring (bicyclic) bond motifs is 1. The quantitative estimate of drug-likeness (QED) is 0.633. The number of aromatic nitrogens is 1. The third-order valence-corrected chi connectivity index (χ3v) is 5.62. The first-order valence-corrected chi connectivity index (χ1v) is 9.72. The Kier molecular flexibility index (Phi) is 5.81. The van der Waals surface area contributed by atoms with E-state index in [0.717, 1.165) is 19.5 Å². The molecule has 1 aromatic carbocycles. The van der Waals surface area contributed by atoms with E-state index in [-0.39, 0.29) is 27.3 Å². The molecule has 0 bridgehead atoms. The largest absolute Gasteiger partial charge is 0.477 e. The minimum atomic E-state index is -1.39. The molecule has 0 radical (unpaired) electrons. The predicted octanol–water partition coefficient (Wildman–Crippen LogP) is 2.53. The van der Waals surface area contributed by atoms with Gasteiger partial charge in [-0.05, 0) is 32.4 Å². The second-order valence-electron chi connectivity index (χ2n) is 6.99. The smallest absolute Gasteiger partial charge is 0.341 e. The zero-order chi connectivity index (χ0) is 20.6. The SMILES string of the molecule is CCNCC1CCN(c2c(F)c(N)c3c(=O)c(C(=O)O)cn(CC)c3c2Cl)C1. The highest BCUT2D eigenvalue weighted by Crippen LogP contribution is 2.41. The lowest BCUT2D eigenvalue weighted by molar-refractivity contribution is 0.0695. The maximum Gasteiger partial charge on any atom is 0.341 e. The summed E-state index contributed by atoms with van der Waals surface area (Å²) in [6.45, 7) is 7.11. The zero-order valence-electron chi connectivity index (χ0n) is 15.9. The second-order valence-corrected chi connectivity index (χ2v) is 7.36. The van der Waals surface area contributed by atoms with Gasteiger partial charge in [-0.15, -0.1) is 0 Å². The van der Waals surface area contributed by atoms with Crippen molar-refractivity contribution < 1.29 is 14.3 Å². The average molecular weight is 411 g/mol. The lowest BCUT2D eigenvalue weighted by atomic mass is 10.1. The van der Waals surface area contributed by atoms with Gasteiger partial charge in [-0.1, -0.05) is 18.5 Å². The molecule has 0 amide bonds. The molecule has 1 aromatic heterocycles. The Bertz CT molecular complexity index is 992. The summed E-state index contributed by atoms with van der Waals surface area (Å²) in [5, 5.41) is 12.5. The van der Waals surface area contributed by atoms with Gasteiger partial charge >= 0.3 is 5.97 Å². The number of hydrogen-bond acceptors (Lipinski definition) is 5. The number of halogens is 2. The van der Waals surface area contributed by atoms with E-state index in [2.05, 4.69) is 5.32 Å². The monoisotopic (exact) mass is 410 g/mol. The van der Waals surface area contributed by atoms with Gasteiger partial charge in [-0.3, -0.25) is 4.79 Å². The number of rotatable bonds is 6. The van der Waals surface area contributed by atoms with Crippen molar-refractivity contribution in [1.29, 1.82) is 0 Å². The minimum absolute atomic E-state index is 0.0849. The zero-order valence-corrected chi connectivity index (χ0v) is 16.6. The van der Waals surface area contributed by atoms with Gasteiger partial charge in [-0.25, -0.2) is 9.18 Å². The number of nitrogens with zero attached hydrogens (tertiary/aromatic N) is 2. The summed E-state index contributed by atoms with van der Waals surface area (Å²) in [4.78, 5) is 25.9. The molecule has 1 aliphatic rings. The molecule has 0 spiro atoms. The number of aromatic carboxylic acids is 1. The van der Waals surface area contributed by atoms with Crippen LogP contribution in [0.1, 0.15) is 30.6 Å². The van der Waals surface area contributed by atoms with Crippen LogP contribution in [-0.2, 0) is 6.54 Å². The number of nitrogens with two attached hydrogens (primary N) is 1. The van der Waals surface area contributed by atoms with Crippen molar-refractivity contribution in [3.8, 4) is 0 Å². The fourth-order valence-electron chi connectivity index (χ4n) is 3.83. The Labute approximate surface area is 166 Å². The summed E-state index contributed by atoms with van der Waals surface area (Å²) in [6.07, 6.45) is 2.12. The lowest BCUT2D eigenvalue weighted by Gasteiger charge is -2.24. The van der Waals surface area contributed by atoms with E-state index in [1.165, 1.54) is 10.8 Å². The Morgan fingerprint density at radius 1 is 1.46 bits per heavy atom. The first-order chi connectivity index (χ1) is 13.3. The van der Waals surface area contributed by atoms with Crippen LogP contribution in [0.25, 0.3) is 10.9 Å². The fraction of sp³-hybridized carbons (Fsp3) is 0.474. The maximum absolute atomic E-state index is 15.2. The van der Waals surface area contributed by atoms with E-state index in [0.29, 0.717) is 25.6 Å². The van der Waals surface area contributed by atoms with Crippen molar-refractivity contribution in [3.63, 3.8) is 0 Å². The van der Waals surface area contributed by atoms with E-state index >= 15 is 4.39 Å². The number of carbonyl (C=O) groups is 1. The van der Waals surface area contributed by atoms with E-state index < -0.39 is 22.8 Å². The third-order valence-electron chi connectivity index (χ3n) is 5.27. The van der Waals surface area contributed by atoms with Crippen LogP contribution in [0.4, 0.5) is 15.8 Å². The van der Waals surface area contributed by atoms with Gasteiger partial charge in [0.2, 0.25) is 5.43 Å². The minimum Gasteiger partial charge on any atom is -0.477 e. The number of hydrogen-bond donors (Lipinski definition) is 3. The lowest BCUT2D eigenvalue weighted by Crippen LogP contribution is -2.27. The number of carboxylic acid groups (broad SMARTS) is 1. The van der Waals surface area contributed by atoms with E-state index in [1.807, 2.05) is 11.8 Å². The highest BCUT2D eigenvalue weighted by Gasteiger charge is 2.30. The van der Waals surface area contributed by atoms with Crippen LogP contribution >= 0.6 is 11.6 Å². The first-order valence-electron chi connectivity index (χ1n) is 9.34. The van der Waals surface area contributed by atoms with E-state index in [1.54, 1.807) is 6.92 Å². The third kappa shape index (κ3) is 3.31. The molecule has 3 rings (SSSR count). The number of nitrogen functional groups attached to an aromatic ring is 1. The van der Waals surface area contributed by atoms with Gasteiger partial charge in [0, 0.05) is 25.8 Å². The summed E-state index contributed by atoms with van der Waals surface area (Å²) in [6, 6.07) is 0. The molecule has 2 heterocycles. The molecule has 1 atom stereocenters. The molecule has 28 heavy (non-hydrogen) atoms. The summed E-state index contributed by atoms with van der Waals surface area (Å²) in [5.41, 5.74) is 4.77. The van der Waals surface area contributed by atoms with Crippen LogP contribution < -0.4 is 21.4 Å². The van der Waals surface area contributed by atoms with Gasteiger partial charge < -0.3 is 25.6 Å². The molecule has 9 heteroatoms. The standard InChI is InChI=1S/C19H24ClFN4O3/c1-3-23-7-10-5-6-25(8-10)17-13(20)16-12(15(22)14(17)21)18(26)11(19(27)28)9-24(16)4-2/h9-10,23H,3-8,22H2,1-2H3,(H,27,28). The Morgan fingerprint density at radius 3 is 2.79 bits per heavy atom. The van der Waals surface area contributed by atoms with Crippen molar-refractivity contribution >= 4 is 39.8 Å². The van der Waals surface area contributed by atoms with E-state index in [4.69, 9.17) is 17.3 Å². The number of pyridine rings is 1. The Morgan fingerprint density at radius 2 is 2.18 bits per heavy atom. The van der Waals surface area contributed by atoms with E-state index in [9.17, 15) is 14.7 Å². The number of anilines is 2. The summed E-state index contributed by atoms with van der Waals surface area (Å²) < 4.78 is 16.7. The van der Waals surface area contributed by atoms with Crippen molar-refractivity contribution in [2.24, 2.45) is 5.92 Å². The van der Waals surface area contributed by atoms with Crippen molar-refractivity contribution in [1.82, 2.24) is 9.88 Å². The van der Waals surface area contributed by atoms with Crippen LogP contribution in [0.5, 0.6) is 0 Å². The van der Waals surface area contributed by atoms with Gasteiger partial charge in [0.25, 0.3) is 0 Å². The van der Waals surface area contributed by atoms with Crippen LogP contribution in [-0.4, -0.2) is 41.8 Å². The fourth-order valence-corrected chi connectivity index (χ4v) is 4.23. The van der Waals surface area contributed by atoms with Crippen molar-refractivity contribution in [2.75, 3.05) is 36.8 Å². The molecular formula is C19H24ClFN4O3. The topological polar surface area (TPSA) is 101 Å². The second kappa shape index (κ2) is 7.97. The van der Waals surface area contributed by atoms with Crippen LogP contribution in [0.15, 0.2) is 11.0 Å². The molecule has 0 saturated carbocycles. The number of benzene rings is 1. The molecule has 7 nitrogen and oxygen atoms in total. The molecule has 1 unspecified atom stereocenters. The molecule has 1 saturated heterocycles. The predicted molar refractivity (Wildman–Crippen MR) is 109 cm³/mol. The van der Waals surface area contributed by atoms with Gasteiger partial charge in [0.1, 0.15) is 5.56 Å². The average Bonchev–Trinajstić information content (AvgIpc) is 3.12.